The van der Waals surface area contributed by atoms with E-state index in [0.29, 0.717) is 5.52 Å². The number of nitrogens with zero attached hydrogens (tertiary/aromatic N) is 4. The van der Waals surface area contributed by atoms with Crippen molar-refractivity contribution in [1.82, 2.24) is 19.7 Å². The van der Waals surface area contributed by atoms with Gasteiger partial charge in [0, 0.05) is 14.2 Å². The molecule has 1 saturated heterocycles. The van der Waals surface area contributed by atoms with Gasteiger partial charge >= 0.3 is 25.7 Å². The van der Waals surface area contributed by atoms with E-state index in [1.165, 1.54) is 58.0 Å². The molecule has 18 nitrogen and oxygen atoms in total. The molecule has 49 heavy (non-hydrogen) atoms. The normalized spacial score (nSPS) is 23.4. The van der Waals surface area contributed by atoms with Gasteiger partial charge in [-0.2, -0.15) is 15.4 Å². The van der Waals surface area contributed by atoms with Gasteiger partial charge in [-0.1, -0.05) is 18.2 Å². The molecule has 4 rings (SSSR count). The molecule has 264 valence electrons. The molecular formula is C30H37N6O12P. The summed E-state index contributed by atoms with van der Waals surface area (Å²) in [5.41, 5.74) is 4.26. The van der Waals surface area contributed by atoms with Crippen LogP contribution in [0.15, 0.2) is 48.8 Å². The van der Waals surface area contributed by atoms with Crippen molar-refractivity contribution in [2.45, 2.75) is 62.9 Å². The van der Waals surface area contributed by atoms with Crippen molar-refractivity contribution in [3.63, 3.8) is 0 Å². The molecule has 1 fully saturated rings. The van der Waals surface area contributed by atoms with E-state index < -0.39 is 74.4 Å². The van der Waals surface area contributed by atoms with Crippen LogP contribution in [0.2, 0.25) is 0 Å². The molecule has 1 aliphatic rings. The second-order valence-corrected chi connectivity index (χ2v) is 12.5. The number of para-hydroxylation sites is 1. The molecule has 2 unspecified atom stereocenters. The number of esters is 3. The summed E-state index contributed by atoms with van der Waals surface area (Å²) in [4.78, 5) is 42.6. The lowest BCUT2D eigenvalue weighted by molar-refractivity contribution is -0.180. The largest absolute Gasteiger partial charge is 0.468 e. The Morgan fingerprint density at radius 3 is 2.31 bits per heavy atom. The fourth-order valence-electron chi connectivity index (χ4n) is 4.73. The van der Waals surface area contributed by atoms with Gasteiger partial charge in [-0.15, -0.1) is 0 Å². The van der Waals surface area contributed by atoms with E-state index in [1.54, 1.807) is 30.3 Å². The van der Waals surface area contributed by atoms with Crippen LogP contribution < -0.4 is 15.3 Å². The first-order chi connectivity index (χ1) is 23.3. The van der Waals surface area contributed by atoms with Crippen molar-refractivity contribution in [2.75, 3.05) is 33.7 Å². The van der Waals surface area contributed by atoms with Crippen molar-refractivity contribution in [2.24, 2.45) is 0 Å². The number of carbonyl (C=O) groups is 3. The number of hydrogen-bond donors (Lipinski definition) is 2. The first-order valence-corrected chi connectivity index (χ1v) is 16.3. The minimum atomic E-state index is -4.57. The Labute approximate surface area is 281 Å². The Bertz CT molecular complexity index is 1730. The Morgan fingerprint density at radius 1 is 1.04 bits per heavy atom. The van der Waals surface area contributed by atoms with Gasteiger partial charge in [0.2, 0.25) is 5.60 Å². The van der Waals surface area contributed by atoms with Gasteiger partial charge in [-0.25, -0.2) is 23.7 Å². The molecule has 0 bridgehead atoms. The number of nitriles is 1. The zero-order valence-electron chi connectivity index (χ0n) is 27.5. The van der Waals surface area contributed by atoms with E-state index in [0.717, 1.165) is 7.11 Å². The predicted octanol–water partition coefficient (Wildman–Crippen LogP) is 1.89. The standard InChI is InChI=1S/C30H37N6O12P/c1-17(27(37)43-6)35-49(40,48-20-10-8-7-9-11-20)44-15-30(14-31)25(46-29(39)19(3)42-5)24(45-28(38)18(2)41-4)23(47-30)21-12-13-22-26(32)33-16-34-36(21)22/h7-13,16-19,23-25H,15H2,1-6H3,(H,35,40)(H2,32,33,34)/t17-,18?,19?,23-,24-,25-,30+,49-/m0/s1. The van der Waals surface area contributed by atoms with Gasteiger partial charge in [0.25, 0.3) is 0 Å². The van der Waals surface area contributed by atoms with Crippen LogP contribution in [0.3, 0.4) is 0 Å². The number of rotatable bonds is 15. The first kappa shape index (κ1) is 37.2. The monoisotopic (exact) mass is 704 g/mol. The van der Waals surface area contributed by atoms with Gasteiger partial charge < -0.3 is 38.7 Å². The molecule has 19 heteroatoms. The predicted molar refractivity (Wildman–Crippen MR) is 168 cm³/mol. The molecule has 0 spiro atoms. The molecular weight excluding hydrogens is 667 g/mol. The average molecular weight is 705 g/mol. The number of nitrogen functional groups attached to an aromatic ring is 1. The number of hydrogen-bond acceptors (Lipinski definition) is 16. The number of carbonyl (C=O) groups excluding carboxylic acids is 3. The van der Waals surface area contributed by atoms with Crippen LogP contribution in [0.1, 0.15) is 32.6 Å². The lowest BCUT2D eigenvalue weighted by Crippen LogP contribution is -2.51. The lowest BCUT2D eigenvalue weighted by Gasteiger charge is -2.31. The van der Waals surface area contributed by atoms with E-state index >= 15 is 0 Å². The Kier molecular flexibility index (Phi) is 11.9. The van der Waals surface area contributed by atoms with Crippen LogP contribution in [0.4, 0.5) is 5.82 Å². The summed E-state index contributed by atoms with van der Waals surface area (Å²) >= 11 is 0. The Hall–Kier alpha value is -4.63. The lowest BCUT2D eigenvalue weighted by atomic mass is 9.95. The smallest absolute Gasteiger partial charge is 0.459 e. The quantitative estimate of drug-likeness (QED) is 0.131. The average Bonchev–Trinajstić information content (AvgIpc) is 3.66. The molecule has 8 atom stereocenters. The second kappa shape index (κ2) is 15.7. The van der Waals surface area contributed by atoms with Gasteiger partial charge in [0.15, 0.2) is 30.2 Å². The summed E-state index contributed by atoms with van der Waals surface area (Å²) in [5.74, 6) is -2.45. The molecule has 2 aromatic heterocycles. The van der Waals surface area contributed by atoms with Crippen molar-refractivity contribution in [3.8, 4) is 11.8 Å². The molecule has 3 heterocycles. The van der Waals surface area contributed by atoms with E-state index in [1.807, 2.05) is 6.07 Å². The highest BCUT2D eigenvalue weighted by Crippen LogP contribution is 2.50. The summed E-state index contributed by atoms with van der Waals surface area (Å²) in [6.45, 7) is 3.26. The summed E-state index contributed by atoms with van der Waals surface area (Å²) in [5, 5.41) is 17.5. The van der Waals surface area contributed by atoms with Crippen molar-refractivity contribution in [3.05, 3.63) is 54.5 Å². The number of nitrogens with one attached hydrogen (secondary N) is 1. The highest BCUT2D eigenvalue weighted by atomic mass is 31.2. The SMILES string of the molecule is COC(=O)[C@H](C)N[P@](=O)(OC[C@@]1(C#N)O[C@@H](c2ccc3c(N)ncnn23)[C@H](OC(=O)C(C)OC)[C@@H]1OC(=O)C(C)OC)Oc1ccccc1. The van der Waals surface area contributed by atoms with E-state index in [9.17, 15) is 24.2 Å². The maximum atomic E-state index is 14.2. The Morgan fingerprint density at radius 2 is 1.69 bits per heavy atom. The topological polar surface area (TPSA) is 234 Å². The van der Waals surface area contributed by atoms with Crippen LogP contribution in [-0.4, -0.2) is 96.5 Å². The van der Waals surface area contributed by atoms with Crippen molar-refractivity contribution < 1.29 is 56.4 Å². The first-order valence-electron chi connectivity index (χ1n) is 14.8. The van der Waals surface area contributed by atoms with Gasteiger partial charge in [-0.3, -0.25) is 9.32 Å². The minimum Gasteiger partial charge on any atom is -0.468 e. The van der Waals surface area contributed by atoms with E-state index in [4.69, 9.17) is 43.2 Å². The number of methoxy groups -OCH3 is 3. The molecule has 0 amide bonds. The summed E-state index contributed by atoms with van der Waals surface area (Å²) < 4.78 is 60.0. The molecule has 1 aliphatic heterocycles. The van der Waals surface area contributed by atoms with E-state index in [-0.39, 0.29) is 17.3 Å². The van der Waals surface area contributed by atoms with Gasteiger partial charge in [-0.05, 0) is 45.0 Å². The highest BCUT2D eigenvalue weighted by Gasteiger charge is 2.62. The zero-order chi connectivity index (χ0) is 35.9. The fourth-order valence-corrected chi connectivity index (χ4v) is 6.25. The molecule has 1 aromatic carbocycles. The zero-order valence-corrected chi connectivity index (χ0v) is 28.4. The van der Waals surface area contributed by atoms with Crippen LogP contribution in [0.5, 0.6) is 5.75 Å². The molecule has 3 N–H and O–H groups in total. The van der Waals surface area contributed by atoms with Crippen LogP contribution in [0, 0.1) is 11.3 Å². The summed E-state index contributed by atoms with van der Waals surface area (Å²) in [6, 6.07) is 11.7. The van der Waals surface area contributed by atoms with Crippen LogP contribution in [0.25, 0.3) is 5.52 Å². The second-order valence-electron chi connectivity index (χ2n) is 10.8. The number of ether oxygens (including phenoxy) is 6. The third-order valence-corrected chi connectivity index (χ3v) is 9.20. The third-order valence-electron chi connectivity index (χ3n) is 7.58. The van der Waals surface area contributed by atoms with E-state index in [2.05, 4.69) is 15.2 Å². The third kappa shape index (κ3) is 8.16. The Balaban J connectivity index is 1.83. The number of benzene rings is 1. The van der Waals surface area contributed by atoms with Gasteiger partial charge in [0.1, 0.15) is 42.4 Å². The number of anilines is 1. The van der Waals surface area contributed by atoms with Crippen LogP contribution >= 0.6 is 7.75 Å². The summed E-state index contributed by atoms with van der Waals surface area (Å²) in [7, 11) is -0.884. The molecule has 0 radical (unpaired) electrons. The van der Waals surface area contributed by atoms with Crippen molar-refractivity contribution >= 4 is 37.0 Å². The molecule has 0 saturated carbocycles. The number of fused-ring (bicyclic) bond motifs is 1. The summed E-state index contributed by atoms with van der Waals surface area (Å²) in [6.07, 6.45) is -5.71. The highest BCUT2D eigenvalue weighted by molar-refractivity contribution is 7.52. The fraction of sp³-hybridized carbons (Fsp3) is 0.467. The van der Waals surface area contributed by atoms with Crippen LogP contribution in [-0.2, 0) is 51.9 Å². The maximum absolute atomic E-state index is 14.2. The molecule has 3 aromatic rings. The number of aromatic nitrogens is 3. The number of nitrogens with two attached hydrogens (primary N) is 1. The molecule has 0 aliphatic carbocycles. The minimum absolute atomic E-state index is 0.0841. The van der Waals surface area contributed by atoms with Crippen molar-refractivity contribution in [1.29, 1.82) is 5.26 Å². The maximum Gasteiger partial charge on any atom is 0.459 e. The van der Waals surface area contributed by atoms with Gasteiger partial charge in [0.05, 0.1) is 12.8 Å².